The van der Waals surface area contributed by atoms with Gasteiger partial charge in [-0.15, -0.1) is 0 Å². The summed E-state index contributed by atoms with van der Waals surface area (Å²) in [6, 6.07) is 0.415. The van der Waals surface area contributed by atoms with Crippen molar-refractivity contribution in [2.24, 2.45) is 5.92 Å². The van der Waals surface area contributed by atoms with E-state index in [0.717, 1.165) is 32.1 Å². The van der Waals surface area contributed by atoms with E-state index in [1.54, 1.807) is 0 Å². The van der Waals surface area contributed by atoms with Gasteiger partial charge in [-0.05, 0) is 31.8 Å². The predicted molar refractivity (Wildman–Crippen MR) is 71.1 cm³/mol. The Morgan fingerprint density at radius 3 is 2.65 bits per heavy atom. The van der Waals surface area contributed by atoms with Gasteiger partial charge in [0.25, 0.3) is 0 Å². The molecule has 0 radical (unpaired) electrons. The van der Waals surface area contributed by atoms with Gasteiger partial charge in [0, 0.05) is 19.1 Å². The molecule has 2 rings (SSSR count). The van der Waals surface area contributed by atoms with Crippen molar-refractivity contribution in [3.8, 4) is 0 Å². The smallest absolute Gasteiger partial charge is 0.0586 e. The van der Waals surface area contributed by atoms with Gasteiger partial charge in [-0.2, -0.15) is 0 Å². The van der Waals surface area contributed by atoms with Crippen LogP contribution in [0.25, 0.3) is 0 Å². The van der Waals surface area contributed by atoms with E-state index in [1.807, 2.05) is 0 Å². The molecule has 0 amide bonds. The van der Waals surface area contributed by atoms with Crippen LogP contribution in [0.15, 0.2) is 0 Å². The van der Waals surface area contributed by atoms with Crippen LogP contribution in [-0.4, -0.2) is 48.8 Å². The summed E-state index contributed by atoms with van der Waals surface area (Å²) in [4.78, 5) is 2.51. The Bertz CT molecular complexity index is 196. The topological polar surface area (TPSA) is 35.5 Å². The Morgan fingerprint density at radius 1 is 1.06 bits per heavy atom. The van der Waals surface area contributed by atoms with Crippen LogP contribution in [0.2, 0.25) is 0 Å². The largest absolute Gasteiger partial charge is 0.395 e. The molecule has 2 fully saturated rings. The van der Waals surface area contributed by atoms with E-state index in [9.17, 15) is 5.11 Å². The van der Waals surface area contributed by atoms with Crippen LogP contribution in [0.3, 0.4) is 0 Å². The standard InChI is InChI=1S/C14H28N2O/c17-12-14(11-13-5-2-1-3-6-13)16-9-4-7-15-8-10-16/h13-15,17H,1-12H2. The molecule has 1 atom stereocenters. The molecule has 1 aliphatic carbocycles. The van der Waals surface area contributed by atoms with E-state index in [-0.39, 0.29) is 0 Å². The van der Waals surface area contributed by atoms with Gasteiger partial charge in [0.2, 0.25) is 0 Å². The number of hydrogen-bond acceptors (Lipinski definition) is 3. The van der Waals surface area contributed by atoms with Crippen LogP contribution < -0.4 is 5.32 Å². The van der Waals surface area contributed by atoms with Gasteiger partial charge < -0.3 is 10.4 Å². The maximum Gasteiger partial charge on any atom is 0.0586 e. The van der Waals surface area contributed by atoms with Crippen molar-refractivity contribution in [1.82, 2.24) is 10.2 Å². The lowest BCUT2D eigenvalue weighted by atomic mass is 9.84. The molecule has 2 aliphatic rings. The van der Waals surface area contributed by atoms with E-state index < -0.39 is 0 Å². The summed E-state index contributed by atoms with van der Waals surface area (Å²) in [5, 5.41) is 13.1. The highest BCUT2D eigenvalue weighted by Gasteiger charge is 2.23. The van der Waals surface area contributed by atoms with Gasteiger partial charge in [-0.3, -0.25) is 4.90 Å². The first kappa shape index (κ1) is 13.3. The third-order valence-corrected chi connectivity index (χ3v) is 4.43. The fourth-order valence-electron chi connectivity index (χ4n) is 3.38. The molecule has 0 aromatic carbocycles. The van der Waals surface area contributed by atoms with Crippen LogP contribution in [0.1, 0.15) is 44.9 Å². The molecule has 1 saturated heterocycles. The van der Waals surface area contributed by atoms with Gasteiger partial charge in [0.05, 0.1) is 6.61 Å². The molecule has 3 heteroatoms. The average Bonchev–Trinajstić information content (AvgIpc) is 2.66. The fraction of sp³-hybridized carbons (Fsp3) is 1.00. The fourth-order valence-corrected chi connectivity index (χ4v) is 3.38. The first-order valence-corrected chi connectivity index (χ1v) is 7.46. The van der Waals surface area contributed by atoms with E-state index >= 15 is 0 Å². The number of nitrogens with one attached hydrogen (secondary N) is 1. The normalized spacial score (nSPS) is 26.6. The SMILES string of the molecule is OCC(CC1CCCCC1)N1CCCNCC1. The quantitative estimate of drug-likeness (QED) is 0.784. The molecular formula is C14H28N2O. The lowest BCUT2D eigenvalue weighted by Crippen LogP contribution is -2.41. The zero-order valence-electron chi connectivity index (χ0n) is 11.0. The Hall–Kier alpha value is -0.120. The summed E-state index contributed by atoms with van der Waals surface area (Å²) >= 11 is 0. The Labute approximate surface area is 106 Å². The maximum atomic E-state index is 9.64. The minimum atomic E-state index is 0.344. The van der Waals surface area contributed by atoms with Crippen molar-refractivity contribution in [2.75, 3.05) is 32.8 Å². The third-order valence-electron chi connectivity index (χ3n) is 4.43. The summed E-state index contributed by atoms with van der Waals surface area (Å²) in [7, 11) is 0. The molecule has 3 nitrogen and oxygen atoms in total. The lowest BCUT2D eigenvalue weighted by molar-refractivity contribution is 0.102. The minimum Gasteiger partial charge on any atom is -0.395 e. The van der Waals surface area contributed by atoms with Crippen molar-refractivity contribution < 1.29 is 5.11 Å². The van der Waals surface area contributed by atoms with Crippen LogP contribution in [0, 0.1) is 5.92 Å². The molecule has 1 saturated carbocycles. The highest BCUT2D eigenvalue weighted by molar-refractivity contribution is 4.79. The molecule has 2 N–H and O–H groups in total. The number of rotatable bonds is 4. The van der Waals surface area contributed by atoms with E-state index in [0.29, 0.717) is 12.6 Å². The number of aliphatic hydroxyl groups is 1. The van der Waals surface area contributed by atoms with Crippen molar-refractivity contribution in [1.29, 1.82) is 0 Å². The lowest BCUT2D eigenvalue weighted by Gasteiger charge is -2.33. The number of hydrogen-bond donors (Lipinski definition) is 2. The average molecular weight is 240 g/mol. The summed E-state index contributed by atoms with van der Waals surface area (Å²) in [5.41, 5.74) is 0. The molecular weight excluding hydrogens is 212 g/mol. The zero-order chi connectivity index (χ0) is 11.9. The Balaban J connectivity index is 1.81. The summed E-state index contributed by atoms with van der Waals surface area (Å²) in [6.07, 6.45) is 9.46. The molecule has 0 bridgehead atoms. The molecule has 0 aromatic heterocycles. The Kier molecular flexibility index (Phi) is 5.75. The van der Waals surface area contributed by atoms with Crippen molar-refractivity contribution >= 4 is 0 Å². The Morgan fingerprint density at radius 2 is 1.88 bits per heavy atom. The number of aliphatic hydroxyl groups excluding tert-OH is 1. The first-order chi connectivity index (χ1) is 8.40. The third kappa shape index (κ3) is 4.23. The van der Waals surface area contributed by atoms with Crippen LogP contribution in [0.5, 0.6) is 0 Å². The van der Waals surface area contributed by atoms with E-state index in [2.05, 4.69) is 10.2 Å². The van der Waals surface area contributed by atoms with Gasteiger partial charge in [-0.1, -0.05) is 32.1 Å². The second kappa shape index (κ2) is 7.34. The molecule has 1 unspecified atom stereocenters. The van der Waals surface area contributed by atoms with Gasteiger partial charge in [0.15, 0.2) is 0 Å². The maximum absolute atomic E-state index is 9.64. The highest BCUT2D eigenvalue weighted by Crippen LogP contribution is 2.28. The summed E-state index contributed by atoms with van der Waals surface area (Å²) < 4.78 is 0. The van der Waals surface area contributed by atoms with E-state index in [4.69, 9.17) is 0 Å². The highest BCUT2D eigenvalue weighted by atomic mass is 16.3. The molecule has 1 heterocycles. The molecule has 0 spiro atoms. The monoisotopic (exact) mass is 240 g/mol. The molecule has 1 aliphatic heterocycles. The zero-order valence-corrected chi connectivity index (χ0v) is 11.0. The van der Waals surface area contributed by atoms with Crippen LogP contribution in [-0.2, 0) is 0 Å². The van der Waals surface area contributed by atoms with Gasteiger partial charge in [0.1, 0.15) is 0 Å². The van der Waals surface area contributed by atoms with E-state index in [1.165, 1.54) is 44.9 Å². The second-order valence-electron chi connectivity index (χ2n) is 5.72. The molecule has 100 valence electrons. The summed E-state index contributed by atoms with van der Waals surface area (Å²) in [5.74, 6) is 0.872. The van der Waals surface area contributed by atoms with Crippen molar-refractivity contribution in [3.63, 3.8) is 0 Å². The predicted octanol–water partition coefficient (Wildman–Crippen LogP) is 1.61. The van der Waals surface area contributed by atoms with Gasteiger partial charge in [-0.25, -0.2) is 0 Å². The first-order valence-electron chi connectivity index (χ1n) is 7.46. The van der Waals surface area contributed by atoms with Crippen molar-refractivity contribution in [3.05, 3.63) is 0 Å². The van der Waals surface area contributed by atoms with Crippen LogP contribution in [0.4, 0.5) is 0 Å². The van der Waals surface area contributed by atoms with Crippen LogP contribution >= 0.6 is 0 Å². The summed E-state index contributed by atoms with van der Waals surface area (Å²) in [6.45, 7) is 4.83. The van der Waals surface area contributed by atoms with Gasteiger partial charge >= 0.3 is 0 Å². The molecule has 0 aromatic rings. The van der Waals surface area contributed by atoms with Crippen molar-refractivity contribution in [2.45, 2.75) is 51.0 Å². The second-order valence-corrected chi connectivity index (χ2v) is 5.72. The minimum absolute atomic E-state index is 0.344. The number of nitrogens with zero attached hydrogens (tertiary/aromatic N) is 1. The molecule has 17 heavy (non-hydrogen) atoms.